The molecule has 0 spiro atoms. The molecule has 0 aromatic rings. The number of unbranched alkanes of at least 4 members (excludes halogenated alkanes) is 3. The van der Waals surface area contributed by atoms with E-state index in [-0.39, 0.29) is 5.75 Å². The first-order valence-corrected chi connectivity index (χ1v) is 8.46. The van der Waals surface area contributed by atoms with Gasteiger partial charge in [-0.2, -0.15) is 0 Å². The molecule has 0 bridgehead atoms. The van der Waals surface area contributed by atoms with E-state index in [9.17, 15) is 8.42 Å². The maximum atomic E-state index is 11.5. The van der Waals surface area contributed by atoms with Crippen LogP contribution in [0.1, 0.15) is 25.7 Å². The molecule has 0 aromatic heterocycles. The molecule has 5 nitrogen and oxygen atoms in total. The summed E-state index contributed by atoms with van der Waals surface area (Å²) in [4.78, 5) is 2.48. The smallest absolute Gasteiger partial charge is 0.213 e. The molecule has 18 heavy (non-hydrogen) atoms. The number of rotatable bonds is 8. The lowest BCUT2D eigenvalue weighted by molar-refractivity contribution is 0.236. The molecule has 1 N–H and O–H groups in total. The van der Waals surface area contributed by atoms with Crippen LogP contribution in [-0.2, 0) is 10.0 Å². The molecular weight excluding hydrogens is 250 g/mol. The second-order valence-corrected chi connectivity index (χ2v) is 7.41. The third-order valence-electron chi connectivity index (χ3n) is 3.39. The zero-order valence-corrected chi connectivity index (χ0v) is 12.5. The van der Waals surface area contributed by atoms with Gasteiger partial charge in [-0.15, -0.1) is 0 Å². The molecule has 1 saturated heterocycles. The zero-order valence-electron chi connectivity index (χ0n) is 11.7. The van der Waals surface area contributed by atoms with Crippen molar-refractivity contribution in [3.8, 4) is 0 Å². The normalized spacial score (nSPS) is 18.4. The van der Waals surface area contributed by atoms with Crippen molar-refractivity contribution in [3.63, 3.8) is 0 Å². The van der Waals surface area contributed by atoms with Crippen molar-refractivity contribution < 1.29 is 8.42 Å². The lowest BCUT2D eigenvalue weighted by Gasteiger charge is -2.27. The monoisotopic (exact) mass is 277 g/mol. The molecule has 0 radical (unpaired) electrons. The summed E-state index contributed by atoms with van der Waals surface area (Å²) in [6, 6.07) is 0. The number of nitrogens with one attached hydrogen (secondary N) is 1. The fourth-order valence-corrected chi connectivity index (χ4v) is 3.02. The van der Waals surface area contributed by atoms with Gasteiger partial charge in [-0.3, -0.25) is 0 Å². The number of sulfonamides is 1. The Bertz CT molecular complexity index is 311. The highest BCUT2D eigenvalue weighted by atomic mass is 32.2. The van der Waals surface area contributed by atoms with Gasteiger partial charge in [0, 0.05) is 40.3 Å². The Morgan fingerprint density at radius 2 is 1.67 bits per heavy atom. The molecule has 1 aliphatic heterocycles. The topological polar surface area (TPSA) is 52.7 Å². The first-order valence-electron chi connectivity index (χ1n) is 6.85. The van der Waals surface area contributed by atoms with Crippen LogP contribution in [0.2, 0.25) is 0 Å². The van der Waals surface area contributed by atoms with Crippen molar-refractivity contribution in [3.05, 3.63) is 0 Å². The highest BCUT2D eigenvalue weighted by molar-refractivity contribution is 7.89. The van der Waals surface area contributed by atoms with Gasteiger partial charge in [0.05, 0.1) is 5.75 Å². The highest BCUT2D eigenvalue weighted by Gasteiger charge is 2.12. The van der Waals surface area contributed by atoms with Gasteiger partial charge in [0.1, 0.15) is 0 Å². The molecule has 1 aliphatic rings. The van der Waals surface area contributed by atoms with Gasteiger partial charge in [0.15, 0.2) is 0 Å². The van der Waals surface area contributed by atoms with Crippen LogP contribution in [0.4, 0.5) is 0 Å². The average Bonchev–Trinajstić information content (AvgIpc) is 2.34. The molecule has 0 unspecified atom stereocenters. The van der Waals surface area contributed by atoms with Crippen molar-refractivity contribution >= 4 is 10.0 Å². The van der Waals surface area contributed by atoms with Gasteiger partial charge >= 0.3 is 0 Å². The van der Waals surface area contributed by atoms with Crippen LogP contribution >= 0.6 is 0 Å². The average molecular weight is 277 g/mol. The number of hydrogen-bond donors (Lipinski definition) is 1. The van der Waals surface area contributed by atoms with Crippen molar-refractivity contribution in [1.82, 2.24) is 14.5 Å². The zero-order chi connectivity index (χ0) is 13.4. The molecule has 1 rings (SSSR count). The lowest BCUT2D eigenvalue weighted by Crippen LogP contribution is -2.43. The minimum absolute atomic E-state index is 0.285. The molecule has 6 heteroatoms. The Morgan fingerprint density at radius 1 is 1.06 bits per heavy atom. The second-order valence-electron chi connectivity index (χ2n) is 5.10. The maximum Gasteiger partial charge on any atom is 0.213 e. The summed E-state index contributed by atoms with van der Waals surface area (Å²) >= 11 is 0. The highest BCUT2D eigenvalue weighted by Crippen LogP contribution is 2.06. The molecule has 0 amide bonds. The van der Waals surface area contributed by atoms with Crippen molar-refractivity contribution in [2.24, 2.45) is 0 Å². The Balaban J connectivity index is 1.98. The molecule has 0 saturated carbocycles. The predicted molar refractivity (Wildman–Crippen MR) is 75.3 cm³/mol. The Hall–Kier alpha value is -0.170. The van der Waals surface area contributed by atoms with E-state index in [2.05, 4.69) is 10.2 Å². The van der Waals surface area contributed by atoms with Crippen LogP contribution in [0.25, 0.3) is 0 Å². The molecule has 108 valence electrons. The molecule has 0 atom stereocenters. The van der Waals surface area contributed by atoms with Crippen molar-refractivity contribution in [2.45, 2.75) is 25.7 Å². The number of hydrogen-bond acceptors (Lipinski definition) is 4. The Morgan fingerprint density at radius 3 is 2.28 bits per heavy atom. The van der Waals surface area contributed by atoms with Gasteiger partial charge in [-0.05, 0) is 19.4 Å². The van der Waals surface area contributed by atoms with Gasteiger partial charge in [-0.1, -0.05) is 12.8 Å². The van der Waals surface area contributed by atoms with Crippen molar-refractivity contribution in [2.75, 3.05) is 52.6 Å². The Kier molecular flexibility index (Phi) is 7.14. The fourth-order valence-electron chi connectivity index (χ4n) is 2.09. The van der Waals surface area contributed by atoms with Gasteiger partial charge in [-0.25, -0.2) is 12.7 Å². The summed E-state index contributed by atoms with van der Waals surface area (Å²) in [6.45, 7) is 5.65. The van der Waals surface area contributed by atoms with Crippen LogP contribution in [0, 0.1) is 0 Å². The van der Waals surface area contributed by atoms with Crippen LogP contribution in [0.5, 0.6) is 0 Å². The first kappa shape index (κ1) is 15.9. The van der Waals surface area contributed by atoms with E-state index in [1.165, 1.54) is 10.7 Å². The molecule has 0 aliphatic carbocycles. The minimum Gasteiger partial charge on any atom is -0.314 e. The van der Waals surface area contributed by atoms with E-state index >= 15 is 0 Å². The summed E-state index contributed by atoms with van der Waals surface area (Å²) < 4.78 is 24.4. The SMILES string of the molecule is CN(C)S(=O)(=O)CCCCCCN1CCNCC1. The fraction of sp³-hybridized carbons (Fsp3) is 1.00. The van der Waals surface area contributed by atoms with Gasteiger partial charge < -0.3 is 10.2 Å². The molecule has 1 fully saturated rings. The summed E-state index contributed by atoms with van der Waals surface area (Å²) in [5, 5.41) is 3.34. The van der Waals surface area contributed by atoms with Crippen LogP contribution in [-0.4, -0.2) is 70.2 Å². The number of nitrogens with zero attached hydrogens (tertiary/aromatic N) is 2. The van der Waals surface area contributed by atoms with E-state index < -0.39 is 10.0 Å². The lowest BCUT2D eigenvalue weighted by atomic mass is 10.2. The van der Waals surface area contributed by atoms with Gasteiger partial charge in [0.2, 0.25) is 10.0 Å². The first-order chi connectivity index (χ1) is 8.52. The Labute approximate surface area is 112 Å². The second kappa shape index (κ2) is 8.09. The van der Waals surface area contributed by atoms with E-state index in [0.717, 1.165) is 52.0 Å². The predicted octanol–water partition coefficient (Wildman–Crippen LogP) is 0.343. The molecular formula is C12H27N3O2S. The van der Waals surface area contributed by atoms with Crippen LogP contribution in [0.3, 0.4) is 0 Å². The van der Waals surface area contributed by atoms with Crippen molar-refractivity contribution in [1.29, 1.82) is 0 Å². The summed E-state index contributed by atoms with van der Waals surface area (Å²) in [5.74, 6) is 0.285. The largest absolute Gasteiger partial charge is 0.314 e. The van der Waals surface area contributed by atoms with E-state index in [1.54, 1.807) is 14.1 Å². The van der Waals surface area contributed by atoms with Crippen LogP contribution in [0.15, 0.2) is 0 Å². The third-order valence-corrected chi connectivity index (χ3v) is 5.31. The summed E-state index contributed by atoms with van der Waals surface area (Å²) in [7, 11) is 0.203. The third kappa shape index (κ3) is 6.13. The number of piperazine rings is 1. The molecule has 1 heterocycles. The summed E-state index contributed by atoms with van der Waals surface area (Å²) in [6.07, 6.45) is 4.11. The van der Waals surface area contributed by atoms with Crippen LogP contribution < -0.4 is 5.32 Å². The molecule has 0 aromatic carbocycles. The van der Waals surface area contributed by atoms with E-state index in [4.69, 9.17) is 0 Å². The van der Waals surface area contributed by atoms with Gasteiger partial charge in [0.25, 0.3) is 0 Å². The van der Waals surface area contributed by atoms with E-state index in [0.29, 0.717) is 0 Å². The minimum atomic E-state index is -2.99. The maximum absolute atomic E-state index is 11.5. The standard InChI is InChI=1S/C12H27N3O2S/c1-14(2)18(16,17)12-6-4-3-5-9-15-10-7-13-8-11-15/h13H,3-12H2,1-2H3. The quantitative estimate of drug-likeness (QED) is 0.650. The summed E-state index contributed by atoms with van der Waals surface area (Å²) in [5.41, 5.74) is 0. The van der Waals surface area contributed by atoms with E-state index in [1.807, 2.05) is 0 Å².